The molecule has 1 heterocycles. The van der Waals surface area contributed by atoms with Crippen molar-refractivity contribution in [3.8, 4) is 0 Å². The number of hydrogen-bond acceptors (Lipinski definition) is 4. The van der Waals surface area contributed by atoms with Crippen LogP contribution in [-0.4, -0.2) is 15.9 Å². The minimum atomic E-state index is -0.0122. The van der Waals surface area contributed by atoms with Crippen LogP contribution in [0.3, 0.4) is 0 Å². The van der Waals surface area contributed by atoms with E-state index in [9.17, 15) is 4.79 Å². The Morgan fingerprint density at radius 1 is 1.32 bits per heavy atom. The number of halogens is 1. The molecular formula is C14H15BrN2O2. The molecule has 0 spiro atoms. The van der Waals surface area contributed by atoms with Gasteiger partial charge in [-0.1, -0.05) is 47.1 Å². The van der Waals surface area contributed by atoms with Crippen LogP contribution in [0, 0.1) is 5.92 Å². The first-order valence-corrected chi connectivity index (χ1v) is 6.92. The fraction of sp³-hybridized carbons (Fsp3) is 0.357. The number of Topliss-reactive ketones (excluding diaryl/α,β-unsaturated/α-hetero) is 1. The quantitative estimate of drug-likeness (QED) is 0.848. The third-order valence-electron chi connectivity index (χ3n) is 2.76. The highest BCUT2D eigenvalue weighted by Gasteiger charge is 2.14. The van der Waals surface area contributed by atoms with Gasteiger partial charge in [-0.05, 0) is 17.7 Å². The van der Waals surface area contributed by atoms with E-state index in [1.165, 1.54) is 0 Å². The van der Waals surface area contributed by atoms with Crippen LogP contribution >= 0.6 is 15.9 Å². The van der Waals surface area contributed by atoms with E-state index < -0.39 is 0 Å². The van der Waals surface area contributed by atoms with E-state index in [-0.39, 0.29) is 18.1 Å². The molecule has 2 rings (SSSR count). The molecule has 5 heteroatoms. The van der Waals surface area contributed by atoms with Gasteiger partial charge in [-0.2, -0.15) is 4.98 Å². The Morgan fingerprint density at radius 2 is 2.00 bits per heavy atom. The third kappa shape index (κ3) is 3.99. The molecule has 1 aromatic heterocycles. The van der Waals surface area contributed by atoms with Crippen LogP contribution in [0.5, 0.6) is 0 Å². The second-order valence-electron chi connectivity index (χ2n) is 4.71. The summed E-state index contributed by atoms with van der Waals surface area (Å²) in [5.41, 5.74) is 1.10. The molecule has 1 aromatic carbocycles. The van der Waals surface area contributed by atoms with E-state index in [1.807, 2.05) is 38.1 Å². The van der Waals surface area contributed by atoms with Gasteiger partial charge in [-0.3, -0.25) is 4.79 Å². The maximum atomic E-state index is 11.6. The Bertz CT molecular complexity index is 561. The van der Waals surface area contributed by atoms with Gasteiger partial charge in [0.2, 0.25) is 5.89 Å². The standard InChI is InChI=1S/C14H15BrN2O2/c1-9(2)12(18)8-14-16-13(17-19-14)7-10-3-5-11(15)6-4-10/h3-6,9H,7-8H2,1-2H3. The van der Waals surface area contributed by atoms with Crippen LogP contribution in [0.4, 0.5) is 0 Å². The van der Waals surface area contributed by atoms with E-state index >= 15 is 0 Å². The number of benzene rings is 1. The zero-order valence-electron chi connectivity index (χ0n) is 10.9. The SMILES string of the molecule is CC(C)C(=O)Cc1nc(Cc2ccc(Br)cc2)no1. The van der Waals surface area contributed by atoms with Gasteiger partial charge >= 0.3 is 0 Å². The van der Waals surface area contributed by atoms with Gasteiger partial charge in [0, 0.05) is 16.8 Å². The van der Waals surface area contributed by atoms with E-state index in [1.54, 1.807) is 0 Å². The van der Waals surface area contributed by atoms with Crippen molar-refractivity contribution >= 4 is 21.7 Å². The summed E-state index contributed by atoms with van der Waals surface area (Å²) >= 11 is 3.39. The molecule has 4 nitrogen and oxygen atoms in total. The maximum Gasteiger partial charge on any atom is 0.234 e. The number of rotatable bonds is 5. The molecule has 0 aliphatic rings. The van der Waals surface area contributed by atoms with Crippen LogP contribution in [-0.2, 0) is 17.6 Å². The number of aromatic nitrogens is 2. The summed E-state index contributed by atoms with van der Waals surface area (Å²) in [5.74, 6) is 1.10. The highest BCUT2D eigenvalue weighted by molar-refractivity contribution is 9.10. The fourth-order valence-electron chi connectivity index (χ4n) is 1.57. The molecule has 2 aromatic rings. The molecule has 19 heavy (non-hydrogen) atoms. The Morgan fingerprint density at radius 3 is 2.63 bits per heavy atom. The van der Waals surface area contributed by atoms with Crippen LogP contribution in [0.15, 0.2) is 33.3 Å². The molecule has 0 aliphatic heterocycles. The fourth-order valence-corrected chi connectivity index (χ4v) is 1.84. The summed E-state index contributed by atoms with van der Waals surface area (Å²) in [6.07, 6.45) is 0.817. The topological polar surface area (TPSA) is 56.0 Å². The highest BCUT2D eigenvalue weighted by atomic mass is 79.9. The predicted octanol–water partition coefficient (Wildman–Crippen LogP) is 3.19. The predicted molar refractivity (Wildman–Crippen MR) is 74.8 cm³/mol. The average Bonchev–Trinajstić information content (AvgIpc) is 2.79. The van der Waals surface area contributed by atoms with Crippen LogP contribution in [0.2, 0.25) is 0 Å². The lowest BCUT2D eigenvalue weighted by Gasteiger charge is -1.98. The van der Waals surface area contributed by atoms with Crippen molar-refractivity contribution in [3.05, 3.63) is 46.0 Å². The van der Waals surface area contributed by atoms with Crippen molar-refractivity contribution in [2.45, 2.75) is 26.7 Å². The van der Waals surface area contributed by atoms with Crippen molar-refractivity contribution in [2.75, 3.05) is 0 Å². The zero-order valence-corrected chi connectivity index (χ0v) is 12.5. The molecule has 0 saturated carbocycles. The lowest BCUT2D eigenvalue weighted by molar-refractivity contribution is -0.121. The molecular weight excluding hydrogens is 308 g/mol. The van der Waals surface area contributed by atoms with Gasteiger partial charge in [0.25, 0.3) is 0 Å². The molecule has 100 valence electrons. The summed E-state index contributed by atoms with van der Waals surface area (Å²) < 4.78 is 6.12. The Hall–Kier alpha value is -1.49. The normalized spacial score (nSPS) is 10.9. The molecule has 0 unspecified atom stereocenters. The van der Waals surface area contributed by atoms with Gasteiger partial charge < -0.3 is 4.52 Å². The molecule has 0 fully saturated rings. The number of nitrogens with zero attached hydrogens (tertiary/aromatic N) is 2. The molecule has 0 bridgehead atoms. The first-order valence-electron chi connectivity index (χ1n) is 6.13. The maximum absolute atomic E-state index is 11.6. The minimum absolute atomic E-state index is 0.0122. The van der Waals surface area contributed by atoms with Gasteiger partial charge in [-0.15, -0.1) is 0 Å². The van der Waals surface area contributed by atoms with Crippen LogP contribution in [0.25, 0.3) is 0 Å². The second kappa shape index (κ2) is 6.10. The highest BCUT2D eigenvalue weighted by Crippen LogP contribution is 2.13. The summed E-state index contributed by atoms with van der Waals surface area (Å²) in [6.45, 7) is 3.73. The van der Waals surface area contributed by atoms with Crippen molar-refractivity contribution in [1.82, 2.24) is 10.1 Å². The zero-order chi connectivity index (χ0) is 13.8. The average molecular weight is 323 g/mol. The summed E-state index contributed by atoms with van der Waals surface area (Å²) in [7, 11) is 0. The molecule has 0 saturated heterocycles. The van der Waals surface area contributed by atoms with Gasteiger partial charge in [0.15, 0.2) is 5.82 Å². The van der Waals surface area contributed by atoms with Gasteiger partial charge in [0.1, 0.15) is 5.78 Å². The van der Waals surface area contributed by atoms with E-state index in [2.05, 4.69) is 26.1 Å². The Labute approximate surface area is 120 Å². The number of carbonyl (C=O) groups excluding carboxylic acids is 1. The Balaban J connectivity index is 2.01. The smallest absolute Gasteiger partial charge is 0.234 e. The molecule has 0 N–H and O–H groups in total. The van der Waals surface area contributed by atoms with Crippen LogP contribution in [0.1, 0.15) is 31.1 Å². The van der Waals surface area contributed by atoms with Crippen molar-refractivity contribution < 1.29 is 9.32 Å². The lowest BCUT2D eigenvalue weighted by atomic mass is 10.1. The van der Waals surface area contributed by atoms with E-state index in [0.29, 0.717) is 18.1 Å². The van der Waals surface area contributed by atoms with E-state index in [0.717, 1.165) is 10.0 Å². The van der Waals surface area contributed by atoms with Crippen molar-refractivity contribution in [2.24, 2.45) is 5.92 Å². The van der Waals surface area contributed by atoms with Gasteiger partial charge in [-0.25, -0.2) is 0 Å². The third-order valence-corrected chi connectivity index (χ3v) is 3.28. The minimum Gasteiger partial charge on any atom is -0.339 e. The number of carbonyl (C=O) groups is 1. The Kier molecular flexibility index (Phi) is 4.47. The van der Waals surface area contributed by atoms with Gasteiger partial charge in [0.05, 0.1) is 6.42 Å². The van der Waals surface area contributed by atoms with Crippen molar-refractivity contribution in [1.29, 1.82) is 0 Å². The molecule has 0 aliphatic carbocycles. The number of hydrogen-bond donors (Lipinski definition) is 0. The summed E-state index contributed by atoms with van der Waals surface area (Å²) in [5, 5.41) is 3.90. The van der Waals surface area contributed by atoms with Crippen LogP contribution < -0.4 is 0 Å². The molecule has 0 atom stereocenters. The first kappa shape index (κ1) is 13.9. The second-order valence-corrected chi connectivity index (χ2v) is 5.62. The monoisotopic (exact) mass is 322 g/mol. The summed E-state index contributed by atoms with van der Waals surface area (Å²) in [4.78, 5) is 15.8. The molecule has 0 amide bonds. The first-order chi connectivity index (χ1) is 9.04. The number of ketones is 1. The largest absolute Gasteiger partial charge is 0.339 e. The van der Waals surface area contributed by atoms with Crippen molar-refractivity contribution in [3.63, 3.8) is 0 Å². The summed E-state index contributed by atoms with van der Waals surface area (Å²) in [6, 6.07) is 7.94. The van der Waals surface area contributed by atoms with E-state index in [4.69, 9.17) is 4.52 Å². The lowest BCUT2D eigenvalue weighted by Crippen LogP contribution is -2.10. The molecule has 0 radical (unpaired) electrons.